The maximum absolute atomic E-state index is 13.3. The van der Waals surface area contributed by atoms with Crippen molar-refractivity contribution in [3.8, 4) is 0 Å². The molecule has 0 aliphatic rings. The van der Waals surface area contributed by atoms with E-state index in [1.54, 1.807) is 7.05 Å². The lowest BCUT2D eigenvalue weighted by Crippen LogP contribution is -2.57. The first kappa shape index (κ1) is 30.0. The summed E-state index contributed by atoms with van der Waals surface area (Å²) >= 11 is 0. The molecule has 1 rings (SSSR count). The van der Waals surface area contributed by atoms with Gasteiger partial charge in [-0.05, 0) is 30.9 Å². The molecule has 4 atom stereocenters. The van der Waals surface area contributed by atoms with Crippen LogP contribution >= 0.6 is 0 Å². The second-order valence-corrected chi connectivity index (χ2v) is 11.3. The lowest BCUT2D eigenvalue weighted by molar-refractivity contribution is -0.130. The number of aliphatic hydroxyl groups is 1. The van der Waals surface area contributed by atoms with Gasteiger partial charge in [-0.3, -0.25) is 9.59 Å². The Morgan fingerprint density at radius 3 is 2.18 bits per heavy atom. The molecule has 0 aliphatic heterocycles. The number of hydrogen-bond acceptors (Lipinski definition) is 6. The SMILES string of the molecule is CCC(C)C(NC(=O)CNC)C(=O)NC(Cc1ccccc1)C(O)CN(CC(C)C)S(C)(=O)=O. The lowest BCUT2D eigenvalue weighted by atomic mass is 9.96. The van der Waals surface area contributed by atoms with Gasteiger partial charge in [0.2, 0.25) is 21.8 Å². The van der Waals surface area contributed by atoms with Crippen LogP contribution in [0.3, 0.4) is 0 Å². The average Bonchev–Trinajstić information content (AvgIpc) is 2.75. The molecule has 0 radical (unpaired) electrons. The van der Waals surface area contributed by atoms with E-state index in [1.165, 1.54) is 4.31 Å². The number of aliphatic hydroxyl groups excluding tert-OH is 1. The van der Waals surface area contributed by atoms with Gasteiger partial charge in [-0.1, -0.05) is 64.4 Å². The van der Waals surface area contributed by atoms with Crippen LogP contribution in [0.2, 0.25) is 0 Å². The molecule has 0 aromatic heterocycles. The van der Waals surface area contributed by atoms with Crippen LogP contribution < -0.4 is 16.0 Å². The number of hydrogen-bond donors (Lipinski definition) is 4. The van der Waals surface area contributed by atoms with Crippen LogP contribution in [0.4, 0.5) is 0 Å². The van der Waals surface area contributed by atoms with Crippen molar-refractivity contribution >= 4 is 21.8 Å². The lowest BCUT2D eigenvalue weighted by Gasteiger charge is -2.32. The first-order chi connectivity index (χ1) is 15.9. The van der Waals surface area contributed by atoms with E-state index in [0.717, 1.165) is 11.8 Å². The molecule has 194 valence electrons. The highest BCUT2D eigenvalue weighted by molar-refractivity contribution is 7.88. The molecular formula is C24H42N4O5S. The van der Waals surface area contributed by atoms with E-state index < -0.39 is 34.1 Å². The zero-order valence-corrected chi connectivity index (χ0v) is 22.1. The fourth-order valence-electron chi connectivity index (χ4n) is 3.60. The topological polar surface area (TPSA) is 128 Å². The molecule has 0 spiro atoms. The van der Waals surface area contributed by atoms with E-state index >= 15 is 0 Å². The number of carbonyl (C=O) groups is 2. The third-order valence-corrected chi connectivity index (χ3v) is 6.90. The predicted octanol–water partition coefficient (Wildman–Crippen LogP) is 0.743. The fourth-order valence-corrected chi connectivity index (χ4v) is 4.59. The first-order valence-corrected chi connectivity index (χ1v) is 13.6. The zero-order chi connectivity index (χ0) is 25.9. The molecule has 9 nitrogen and oxygen atoms in total. The standard InChI is InChI=1S/C24H42N4O5S/c1-7-18(4)23(27-22(30)14-25-5)24(31)26-20(13-19-11-9-8-10-12-19)21(29)16-28(15-17(2)3)34(6,32)33/h8-12,17-18,20-21,23,25,29H,7,13-16H2,1-6H3,(H,26,31)(H,27,30). The quantitative estimate of drug-likeness (QED) is 0.282. The third-order valence-electron chi connectivity index (χ3n) is 5.67. The summed E-state index contributed by atoms with van der Waals surface area (Å²) in [4.78, 5) is 25.4. The first-order valence-electron chi connectivity index (χ1n) is 11.8. The normalized spacial score (nSPS) is 15.6. The van der Waals surface area contributed by atoms with Crippen molar-refractivity contribution in [1.82, 2.24) is 20.3 Å². The minimum atomic E-state index is -3.55. The van der Waals surface area contributed by atoms with Gasteiger partial charge >= 0.3 is 0 Å². The van der Waals surface area contributed by atoms with Crippen LogP contribution in [0, 0.1) is 11.8 Å². The smallest absolute Gasteiger partial charge is 0.243 e. The summed E-state index contributed by atoms with van der Waals surface area (Å²) < 4.78 is 25.8. The number of carbonyl (C=O) groups excluding carboxylic acids is 2. The van der Waals surface area contributed by atoms with Crippen LogP contribution in [-0.2, 0) is 26.0 Å². The summed E-state index contributed by atoms with van der Waals surface area (Å²) in [5.74, 6) is -0.776. The zero-order valence-electron chi connectivity index (χ0n) is 21.2. The average molecular weight is 499 g/mol. The number of likely N-dealkylation sites (N-methyl/N-ethyl adjacent to an activating group) is 1. The molecule has 2 amide bonds. The van der Waals surface area contributed by atoms with Crippen LogP contribution in [0.1, 0.15) is 39.7 Å². The molecule has 4 N–H and O–H groups in total. The second kappa shape index (κ2) is 14.4. The van der Waals surface area contributed by atoms with Gasteiger partial charge in [-0.25, -0.2) is 8.42 Å². The summed E-state index contributed by atoms with van der Waals surface area (Å²) in [6.45, 7) is 7.81. The maximum Gasteiger partial charge on any atom is 0.243 e. The van der Waals surface area contributed by atoms with Gasteiger partial charge in [0.25, 0.3) is 0 Å². The molecule has 0 saturated carbocycles. The maximum atomic E-state index is 13.3. The monoisotopic (exact) mass is 498 g/mol. The highest BCUT2D eigenvalue weighted by atomic mass is 32.2. The Morgan fingerprint density at radius 2 is 1.68 bits per heavy atom. The minimum absolute atomic E-state index is 0.0706. The number of rotatable bonds is 15. The predicted molar refractivity (Wildman–Crippen MR) is 135 cm³/mol. The molecule has 34 heavy (non-hydrogen) atoms. The van der Waals surface area contributed by atoms with Crippen molar-refractivity contribution in [2.75, 3.05) is 32.9 Å². The number of amides is 2. The highest BCUT2D eigenvalue weighted by Gasteiger charge is 2.32. The Balaban J connectivity index is 3.16. The molecular weight excluding hydrogens is 456 g/mol. The molecule has 0 aliphatic carbocycles. The minimum Gasteiger partial charge on any atom is -0.390 e. The summed E-state index contributed by atoms with van der Waals surface area (Å²) in [7, 11) is -1.90. The number of benzene rings is 1. The third kappa shape index (κ3) is 10.5. The molecule has 0 heterocycles. The van der Waals surface area contributed by atoms with Crippen LogP contribution in [-0.4, -0.2) is 80.8 Å². The van der Waals surface area contributed by atoms with Crippen molar-refractivity contribution in [3.05, 3.63) is 35.9 Å². The number of sulfonamides is 1. The van der Waals surface area contributed by atoms with Crippen LogP contribution in [0.15, 0.2) is 30.3 Å². The number of nitrogens with zero attached hydrogens (tertiary/aromatic N) is 1. The van der Waals surface area contributed by atoms with Gasteiger partial charge in [0.15, 0.2) is 0 Å². The van der Waals surface area contributed by atoms with Crippen molar-refractivity contribution in [3.63, 3.8) is 0 Å². The molecule has 4 unspecified atom stereocenters. The molecule has 1 aromatic rings. The van der Waals surface area contributed by atoms with E-state index in [9.17, 15) is 23.1 Å². The Morgan fingerprint density at radius 1 is 1.06 bits per heavy atom. The van der Waals surface area contributed by atoms with Gasteiger partial charge in [-0.15, -0.1) is 0 Å². The van der Waals surface area contributed by atoms with Gasteiger partial charge in [-0.2, -0.15) is 4.31 Å². The summed E-state index contributed by atoms with van der Waals surface area (Å²) in [5.41, 5.74) is 0.890. The van der Waals surface area contributed by atoms with Gasteiger partial charge < -0.3 is 21.1 Å². The van der Waals surface area contributed by atoms with Crippen molar-refractivity contribution < 1.29 is 23.1 Å². The Labute approximate surface area is 204 Å². The summed E-state index contributed by atoms with van der Waals surface area (Å²) in [6, 6.07) is 7.84. The summed E-state index contributed by atoms with van der Waals surface area (Å²) in [6.07, 6.45) is 0.941. The van der Waals surface area contributed by atoms with Crippen molar-refractivity contribution in [1.29, 1.82) is 0 Å². The highest BCUT2D eigenvalue weighted by Crippen LogP contribution is 2.14. The Bertz CT molecular complexity index is 863. The van der Waals surface area contributed by atoms with Crippen LogP contribution in [0.5, 0.6) is 0 Å². The largest absolute Gasteiger partial charge is 0.390 e. The molecule has 0 fully saturated rings. The number of nitrogens with one attached hydrogen (secondary N) is 3. The van der Waals surface area contributed by atoms with E-state index in [0.29, 0.717) is 12.8 Å². The van der Waals surface area contributed by atoms with E-state index in [2.05, 4.69) is 16.0 Å². The van der Waals surface area contributed by atoms with Gasteiger partial charge in [0, 0.05) is 13.1 Å². The van der Waals surface area contributed by atoms with Crippen molar-refractivity contribution in [2.45, 2.75) is 58.7 Å². The molecule has 0 saturated heterocycles. The Hall–Kier alpha value is -2.01. The molecule has 0 bridgehead atoms. The molecule has 10 heteroatoms. The second-order valence-electron chi connectivity index (χ2n) is 9.31. The van der Waals surface area contributed by atoms with E-state index in [1.807, 2.05) is 58.0 Å². The van der Waals surface area contributed by atoms with E-state index in [-0.39, 0.29) is 37.4 Å². The van der Waals surface area contributed by atoms with Crippen LogP contribution in [0.25, 0.3) is 0 Å². The fraction of sp³-hybridized carbons (Fsp3) is 0.667. The molecule has 1 aromatic carbocycles. The van der Waals surface area contributed by atoms with Crippen molar-refractivity contribution in [2.24, 2.45) is 11.8 Å². The van der Waals surface area contributed by atoms with Gasteiger partial charge in [0.05, 0.1) is 24.9 Å². The summed E-state index contributed by atoms with van der Waals surface area (Å²) in [5, 5.41) is 19.5. The van der Waals surface area contributed by atoms with E-state index in [4.69, 9.17) is 0 Å². The van der Waals surface area contributed by atoms with Gasteiger partial charge in [0.1, 0.15) is 6.04 Å². The Kier molecular flexibility index (Phi) is 12.7.